The second-order valence-electron chi connectivity index (χ2n) is 8.41. The predicted octanol–water partition coefficient (Wildman–Crippen LogP) is 6.84. The van der Waals surface area contributed by atoms with Crippen LogP contribution in [0.25, 0.3) is 45.1 Å². The van der Waals surface area contributed by atoms with E-state index in [9.17, 15) is 13.6 Å². The van der Waals surface area contributed by atoms with Gasteiger partial charge >= 0.3 is 0 Å². The van der Waals surface area contributed by atoms with Crippen molar-refractivity contribution < 1.29 is 8.78 Å². The number of fused-ring (bicyclic) bond motifs is 1. The van der Waals surface area contributed by atoms with Gasteiger partial charge in [-0.25, -0.2) is 18.7 Å². The number of halogens is 3. The molecule has 0 amide bonds. The Labute approximate surface area is 214 Å². The van der Waals surface area contributed by atoms with E-state index in [1.165, 1.54) is 16.7 Å². The molecule has 37 heavy (non-hydrogen) atoms. The van der Waals surface area contributed by atoms with Crippen molar-refractivity contribution in [3.05, 3.63) is 130 Å². The molecule has 5 nitrogen and oxygen atoms in total. The number of rotatable bonds is 4. The van der Waals surface area contributed by atoms with Gasteiger partial charge in [0.2, 0.25) is 0 Å². The molecule has 0 saturated carbocycles. The third-order valence-corrected chi connectivity index (χ3v) is 6.28. The Balaban J connectivity index is 1.57. The number of imidazole rings is 1. The molecule has 180 valence electrons. The van der Waals surface area contributed by atoms with Crippen LogP contribution in [-0.4, -0.2) is 19.1 Å². The maximum atomic E-state index is 13.8. The summed E-state index contributed by atoms with van der Waals surface area (Å²) >= 11 is 6.09. The second kappa shape index (κ2) is 9.11. The van der Waals surface area contributed by atoms with Crippen LogP contribution in [0.3, 0.4) is 0 Å². The highest BCUT2D eigenvalue weighted by atomic mass is 35.5. The van der Waals surface area contributed by atoms with E-state index in [0.717, 1.165) is 11.8 Å². The SMILES string of the molecule is O=c1c2ncn(-c3ccccc3)c2nc(-c2ccc(-c3cc(F)cc(F)c3)cc2)n1-c1ccc(Cl)cc1. The molecule has 8 heteroatoms. The molecule has 0 saturated heterocycles. The number of nitrogens with zero attached hydrogens (tertiary/aromatic N) is 4. The Morgan fingerprint density at radius 1 is 0.703 bits per heavy atom. The molecule has 0 unspecified atom stereocenters. The van der Waals surface area contributed by atoms with Gasteiger partial charge in [-0.2, -0.15) is 0 Å². The number of aromatic nitrogens is 4. The highest BCUT2D eigenvalue weighted by Gasteiger charge is 2.19. The molecule has 4 aromatic carbocycles. The lowest BCUT2D eigenvalue weighted by Gasteiger charge is -2.14. The Hall–Kier alpha value is -4.62. The zero-order valence-corrected chi connectivity index (χ0v) is 19.9. The van der Waals surface area contributed by atoms with Gasteiger partial charge in [-0.1, -0.05) is 54.1 Å². The van der Waals surface area contributed by atoms with Crippen molar-refractivity contribution in [3.63, 3.8) is 0 Å². The van der Waals surface area contributed by atoms with Crippen LogP contribution >= 0.6 is 11.6 Å². The summed E-state index contributed by atoms with van der Waals surface area (Å²) in [5.74, 6) is -0.927. The van der Waals surface area contributed by atoms with E-state index in [1.807, 2.05) is 30.3 Å². The smallest absolute Gasteiger partial charge is 0.283 e. The summed E-state index contributed by atoms with van der Waals surface area (Å²) in [7, 11) is 0. The normalized spacial score (nSPS) is 11.2. The Bertz CT molecular complexity index is 1790. The van der Waals surface area contributed by atoms with E-state index < -0.39 is 11.6 Å². The molecule has 6 rings (SSSR count). The molecule has 0 radical (unpaired) electrons. The summed E-state index contributed by atoms with van der Waals surface area (Å²) in [6, 6.07) is 26.7. The molecule has 0 aliphatic rings. The maximum Gasteiger partial charge on any atom is 0.286 e. The standard InChI is InChI=1S/C29H17ClF2N4O/c30-21-10-12-25(13-11-21)36-27(19-8-6-18(7-9-19)20-14-22(31)16-23(32)15-20)34-28-26(29(36)37)33-17-35(28)24-4-2-1-3-5-24/h1-17H. The summed E-state index contributed by atoms with van der Waals surface area (Å²) in [5, 5.41) is 0.535. The summed E-state index contributed by atoms with van der Waals surface area (Å²) in [6.07, 6.45) is 1.58. The van der Waals surface area contributed by atoms with Crippen molar-refractivity contribution in [3.8, 4) is 33.9 Å². The van der Waals surface area contributed by atoms with Crippen molar-refractivity contribution >= 4 is 22.8 Å². The van der Waals surface area contributed by atoms with Crippen LogP contribution in [0.2, 0.25) is 5.02 Å². The average Bonchev–Trinajstić information content (AvgIpc) is 3.34. The Kier molecular flexibility index (Phi) is 5.62. The molecule has 2 aromatic heterocycles. The first-order valence-corrected chi connectivity index (χ1v) is 11.7. The van der Waals surface area contributed by atoms with E-state index in [4.69, 9.17) is 16.6 Å². The van der Waals surface area contributed by atoms with Crippen LogP contribution in [0.5, 0.6) is 0 Å². The van der Waals surface area contributed by atoms with Crippen LogP contribution in [0.4, 0.5) is 8.78 Å². The van der Waals surface area contributed by atoms with Crippen molar-refractivity contribution in [1.82, 2.24) is 19.1 Å². The van der Waals surface area contributed by atoms with E-state index in [-0.39, 0.29) is 11.1 Å². The number of para-hydroxylation sites is 1. The van der Waals surface area contributed by atoms with Gasteiger partial charge in [-0.15, -0.1) is 0 Å². The zero-order chi connectivity index (χ0) is 25.5. The van der Waals surface area contributed by atoms with E-state index in [1.54, 1.807) is 59.4 Å². The molecule has 2 heterocycles. The number of hydrogen-bond donors (Lipinski definition) is 0. The molecule has 0 fully saturated rings. The van der Waals surface area contributed by atoms with Gasteiger partial charge in [0.05, 0.1) is 5.69 Å². The van der Waals surface area contributed by atoms with Crippen molar-refractivity contribution in [2.75, 3.05) is 0 Å². The maximum absolute atomic E-state index is 13.8. The van der Waals surface area contributed by atoms with Gasteiger partial charge in [0.25, 0.3) is 5.56 Å². The average molecular weight is 511 g/mol. The van der Waals surface area contributed by atoms with Gasteiger partial charge in [0.15, 0.2) is 11.2 Å². The third-order valence-electron chi connectivity index (χ3n) is 6.03. The molecule has 6 aromatic rings. The summed E-state index contributed by atoms with van der Waals surface area (Å²) in [5.41, 5.74) is 3.34. The van der Waals surface area contributed by atoms with E-state index in [0.29, 0.717) is 38.9 Å². The monoisotopic (exact) mass is 510 g/mol. The fraction of sp³-hybridized carbons (Fsp3) is 0. The molecular weight excluding hydrogens is 494 g/mol. The van der Waals surface area contributed by atoms with Crippen LogP contribution in [0, 0.1) is 11.6 Å². The fourth-order valence-corrected chi connectivity index (χ4v) is 4.41. The minimum atomic E-state index is -0.656. The van der Waals surface area contributed by atoms with E-state index >= 15 is 0 Å². The first-order chi connectivity index (χ1) is 18.0. The molecule has 0 aliphatic heterocycles. The van der Waals surface area contributed by atoms with Gasteiger partial charge in [-0.3, -0.25) is 13.9 Å². The summed E-state index contributed by atoms with van der Waals surface area (Å²) < 4.78 is 30.8. The first kappa shape index (κ1) is 22.8. The van der Waals surface area contributed by atoms with Gasteiger partial charge < -0.3 is 0 Å². The molecule has 0 N–H and O–H groups in total. The summed E-state index contributed by atoms with van der Waals surface area (Å²) in [4.78, 5) is 23.0. The van der Waals surface area contributed by atoms with Gasteiger partial charge in [-0.05, 0) is 59.7 Å². The van der Waals surface area contributed by atoms with Crippen molar-refractivity contribution in [2.24, 2.45) is 0 Å². The van der Waals surface area contributed by atoms with Crippen LogP contribution in [0.1, 0.15) is 0 Å². The van der Waals surface area contributed by atoms with Crippen LogP contribution in [0.15, 0.2) is 108 Å². The van der Waals surface area contributed by atoms with E-state index in [2.05, 4.69) is 4.98 Å². The molecule has 0 spiro atoms. The molecule has 0 aliphatic carbocycles. The molecular formula is C29H17ClF2N4O. The lowest BCUT2D eigenvalue weighted by atomic mass is 10.0. The predicted molar refractivity (Wildman–Crippen MR) is 140 cm³/mol. The third kappa shape index (κ3) is 4.19. The van der Waals surface area contributed by atoms with Crippen molar-refractivity contribution in [2.45, 2.75) is 0 Å². The quantitative estimate of drug-likeness (QED) is 0.261. The van der Waals surface area contributed by atoms with Crippen LogP contribution in [-0.2, 0) is 0 Å². The Morgan fingerprint density at radius 3 is 2.03 bits per heavy atom. The molecule has 0 bridgehead atoms. The van der Waals surface area contributed by atoms with Gasteiger partial charge in [0.1, 0.15) is 23.8 Å². The largest absolute Gasteiger partial charge is 0.286 e. The lowest BCUT2D eigenvalue weighted by molar-refractivity contribution is 0.584. The summed E-state index contributed by atoms with van der Waals surface area (Å²) in [6.45, 7) is 0. The minimum absolute atomic E-state index is 0.217. The lowest BCUT2D eigenvalue weighted by Crippen LogP contribution is -2.22. The second-order valence-corrected chi connectivity index (χ2v) is 8.85. The minimum Gasteiger partial charge on any atom is -0.283 e. The highest BCUT2D eigenvalue weighted by molar-refractivity contribution is 6.30. The van der Waals surface area contributed by atoms with Gasteiger partial charge in [0, 0.05) is 22.3 Å². The first-order valence-electron chi connectivity index (χ1n) is 11.4. The topological polar surface area (TPSA) is 52.7 Å². The zero-order valence-electron chi connectivity index (χ0n) is 19.1. The van der Waals surface area contributed by atoms with Crippen LogP contribution < -0.4 is 5.56 Å². The Morgan fingerprint density at radius 2 is 1.35 bits per heavy atom. The number of hydrogen-bond acceptors (Lipinski definition) is 3. The highest BCUT2D eigenvalue weighted by Crippen LogP contribution is 2.28. The molecule has 0 atom stereocenters. The van der Waals surface area contributed by atoms with Crippen molar-refractivity contribution in [1.29, 1.82) is 0 Å². The number of benzene rings is 4. The fourth-order valence-electron chi connectivity index (χ4n) is 4.29.